The highest BCUT2D eigenvalue weighted by Gasteiger charge is 2.27. The first-order valence-electron chi connectivity index (χ1n) is 8.43. The Balaban J connectivity index is 1.61. The van der Waals surface area contributed by atoms with Gasteiger partial charge in [0, 0.05) is 30.9 Å². The second-order valence-electron chi connectivity index (χ2n) is 6.34. The van der Waals surface area contributed by atoms with Crippen molar-refractivity contribution in [1.82, 2.24) is 14.9 Å². The van der Waals surface area contributed by atoms with Crippen molar-refractivity contribution >= 4 is 0 Å². The Morgan fingerprint density at radius 2 is 2.04 bits per heavy atom. The van der Waals surface area contributed by atoms with Crippen molar-refractivity contribution in [2.75, 3.05) is 27.3 Å². The zero-order valence-corrected chi connectivity index (χ0v) is 14.6. The molecule has 1 aliphatic heterocycles. The van der Waals surface area contributed by atoms with Gasteiger partial charge in [-0.15, -0.1) is 0 Å². The monoisotopic (exact) mass is 327 g/mol. The number of aromatic nitrogens is 2. The van der Waals surface area contributed by atoms with Crippen LogP contribution in [-0.2, 0) is 6.42 Å². The molecule has 3 rings (SSSR count). The molecule has 3 heterocycles. The van der Waals surface area contributed by atoms with Crippen LogP contribution >= 0.6 is 0 Å². The molecule has 2 aromatic rings. The SMILES string of the molecule is COc1cc(CC2CCN(C(C)c3cccc(OC)n3)C2)ccn1. The van der Waals surface area contributed by atoms with E-state index in [1.165, 1.54) is 12.0 Å². The van der Waals surface area contributed by atoms with Gasteiger partial charge in [-0.1, -0.05) is 6.07 Å². The Bertz CT molecular complexity index is 677. The van der Waals surface area contributed by atoms with Crippen molar-refractivity contribution in [3.8, 4) is 11.8 Å². The molecule has 24 heavy (non-hydrogen) atoms. The van der Waals surface area contributed by atoms with Crippen molar-refractivity contribution in [2.24, 2.45) is 5.92 Å². The predicted molar refractivity (Wildman–Crippen MR) is 93.4 cm³/mol. The Labute approximate surface area is 143 Å². The minimum absolute atomic E-state index is 0.303. The van der Waals surface area contributed by atoms with Crippen LogP contribution in [0.25, 0.3) is 0 Å². The number of rotatable bonds is 6. The third-order valence-corrected chi connectivity index (χ3v) is 4.78. The second-order valence-corrected chi connectivity index (χ2v) is 6.34. The first-order valence-corrected chi connectivity index (χ1v) is 8.43. The number of methoxy groups -OCH3 is 2. The fraction of sp³-hybridized carbons (Fsp3) is 0.474. The van der Waals surface area contributed by atoms with E-state index in [0.717, 1.165) is 25.2 Å². The van der Waals surface area contributed by atoms with E-state index in [9.17, 15) is 0 Å². The van der Waals surface area contributed by atoms with Gasteiger partial charge in [-0.2, -0.15) is 0 Å². The van der Waals surface area contributed by atoms with Crippen LogP contribution in [0.15, 0.2) is 36.5 Å². The lowest BCUT2D eigenvalue weighted by Gasteiger charge is -2.24. The molecule has 5 nitrogen and oxygen atoms in total. The van der Waals surface area contributed by atoms with Gasteiger partial charge in [-0.05, 0) is 49.9 Å². The van der Waals surface area contributed by atoms with Crippen LogP contribution in [0.4, 0.5) is 0 Å². The van der Waals surface area contributed by atoms with Crippen LogP contribution in [0.1, 0.15) is 30.6 Å². The molecule has 0 N–H and O–H groups in total. The molecule has 5 heteroatoms. The number of hydrogen-bond acceptors (Lipinski definition) is 5. The Morgan fingerprint density at radius 1 is 1.21 bits per heavy atom. The standard InChI is InChI=1S/C19H25N3O2/c1-14(17-5-4-6-18(21-17)23-2)22-10-8-16(13-22)11-15-7-9-20-19(12-15)24-3/h4-7,9,12,14,16H,8,10-11,13H2,1-3H3. The molecular formula is C19H25N3O2. The lowest BCUT2D eigenvalue weighted by atomic mass is 9.99. The van der Waals surface area contributed by atoms with Crippen LogP contribution < -0.4 is 9.47 Å². The zero-order chi connectivity index (χ0) is 16.9. The average Bonchev–Trinajstić information content (AvgIpc) is 3.09. The van der Waals surface area contributed by atoms with Gasteiger partial charge in [0.1, 0.15) is 0 Å². The Hall–Kier alpha value is -2.14. The molecule has 0 amide bonds. The van der Waals surface area contributed by atoms with Crippen molar-refractivity contribution in [2.45, 2.75) is 25.8 Å². The molecule has 1 saturated heterocycles. The highest BCUT2D eigenvalue weighted by atomic mass is 16.5. The third kappa shape index (κ3) is 3.85. The maximum atomic E-state index is 5.24. The average molecular weight is 327 g/mol. The first-order chi connectivity index (χ1) is 11.7. The van der Waals surface area contributed by atoms with Gasteiger partial charge in [0.2, 0.25) is 11.8 Å². The van der Waals surface area contributed by atoms with E-state index in [2.05, 4.69) is 33.9 Å². The summed E-state index contributed by atoms with van der Waals surface area (Å²) in [6, 6.07) is 10.4. The number of nitrogens with zero attached hydrogens (tertiary/aromatic N) is 3. The van der Waals surface area contributed by atoms with Crippen molar-refractivity contribution in [3.05, 3.63) is 47.8 Å². The zero-order valence-electron chi connectivity index (χ0n) is 14.6. The van der Waals surface area contributed by atoms with Crippen molar-refractivity contribution in [3.63, 3.8) is 0 Å². The maximum Gasteiger partial charge on any atom is 0.213 e. The van der Waals surface area contributed by atoms with E-state index in [0.29, 0.717) is 23.7 Å². The molecule has 1 aliphatic rings. The molecule has 0 aliphatic carbocycles. The minimum atomic E-state index is 0.303. The predicted octanol–water partition coefficient (Wildman–Crippen LogP) is 3.12. The highest BCUT2D eigenvalue weighted by Crippen LogP contribution is 2.29. The van der Waals surface area contributed by atoms with Crippen LogP contribution in [-0.4, -0.2) is 42.2 Å². The summed E-state index contributed by atoms with van der Waals surface area (Å²) in [5.74, 6) is 2.03. The minimum Gasteiger partial charge on any atom is -0.481 e. The summed E-state index contributed by atoms with van der Waals surface area (Å²) in [6.07, 6.45) is 4.09. The summed E-state index contributed by atoms with van der Waals surface area (Å²) in [5.41, 5.74) is 2.36. The second kappa shape index (κ2) is 7.62. The van der Waals surface area contributed by atoms with Crippen molar-refractivity contribution < 1.29 is 9.47 Å². The molecule has 0 spiro atoms. The Morgan fingerprint density at radius 3 is 2.83 bits per heavy atom. The van der Waals surface area contributed by atoms with Gasteiger partial charge in [-0.3, -0.25) is 4.90 Å². The summed E-state index contributed by atoms with van der Waals surface area (Å²) in [4.78, 5) is 11.3. The van der Waals surface area contributed by atoms with Gasteiger partial charge in [0.25, 0.3) is 0 Å². The molecule has 0 radical (unpaired) electrons. The fourth-order valence-corrected chi connectivity index (χ4v) is 3.37. The molecule has 0 aromatic carbocycles. The van der Waals surface area contributed by atoms with Crippen LogP contribution in [0.2, 0.25) is 0 Å². The molecule has 2 atom stereocenters. The number of likely N-dealkylation sites (tertiary alicyclic amines) is 1. The number of pyridine rings is 2. The molecule has 0 saturated carbocycles. The van der Waals surface area contributed by atoms with E-state index < -0.39 is 0 Å². The molecule has 2 aromatic heterocycles. The summed E-state index contributed by atoms with van der Waals surface area (Å²) < 4.78 is 10.5. The summed E-state index contributed by atoms with van der Waals surface area (Å²) in [5, 5.41) is 0. The van der Waals surface area contributed by atoms with E-state index in [4.69, 9.17) is 9.47 Å². The lowest BCUT2D eigenvalue weighted by Crippen LogP contribution is -2.25. The van der Waals surface area contributed by atoms with Crippen LogP contribution in [0, 0.1) is 5.92 Å². The van der Waals surface area contributed by atoms with Crippen LogP contribution in [0.5, 0.6) is 11.8 Å². The fourth-order valence-electron chi connectivity index (χ4n) is 3.37. The van der Waals surface area contributed by atoms with Gasteiger partial charge < -0.3 is 9.47 Å². The molecule has 1 fully saturated rings. The van der Waals surface area contributed by atoms with E-state index in [1.807, 2.05) is 24.4 Å². The quantitative estimate of drug-likeness (QED) is 0.816. The normalized spacial score (nSPS) is 19.2. The maximum absolute atomic E-state index is 5.24. The highest BCUT2D eigenvalue weighted by molar-refractivity contribution is 5.21. The van der Waals surface area contributed by atoms with Crippen LogP contribution in [0.3, 0.4) is 0 Å². The number of ether oxygens (including phenoxy) is 2. The third-order valence-electron chi connectivity index (χ3n) is 4.78. The largest absolute Gasteiger partial charge is 0.481 e. The summed E-state index contributed by atoms with van der Waals surface area (Å²) >= 11 is 0. The lowest BCUT2D eigenvalue weighted by molar-refractivity contribution is 0.246. The van der Waals surface area contributed by atoms with Gasteiger partial charge in [0.15, 0.2) is 0 Å². The van der Waals surface area contributed by atoms with E-state index >= 15 is 0 Å². The van der Waals surface area contributed by atoms with E-state index in [1.54, 1.807) is 14.2 Å². The van der Waals surface area contributed by atoms with Gasteiger partial charge in [-0.25, -0.2) is 9.97 Å². The Kier molecular flexibility index (Phi) is 5.30. The van der Waals surface area contributed by atoms with Gasteiger partial charge >= 0.3 is 0 Å². The molecular weight excluding hydrogens is 302 g/mol. The molecule has 2 unspecified atom stereocenters. The summed E-state index contributed by atoms with van der Waals surface area (Å²) in [7, 11) is 3.32. The molecule has 128 valence electrons. The topological polar surface area (TPSA) is 47.5 Å². The first kappa shape index (κ1) is 16.7. The van der Waals surface area contributed by atoms with Crippen molar-refractivity contribution in [1.29, 1.82) is 0 Å². The molecule has 0 bridgehead atoms. The smallest absolute Gasteiger partial charge is 0.213 e. The summed E-state index contributed by atoms with van der Waals surface area (Å²) in [6.45, 7) is 4.41. The number of hydrogen-bond donors (Lipinski definition) is 0. The van der Waals surface area contributed by atoms with E-state index in [-0.39, 0.29) is 0 Å². The van der Waals surface area contributed by atoms with Gasteiger partial charge in [0.05, 0.1) is 19.9 Å².